The second kappa shape index (κ2) is 10.2. The van der Waals surface area contributed by atoms with Crippen molar-refractivity contribution in [2.45, 2.75) is 0 Å². The average molecular weight is 415 g/mol. The zero-order valence-corrected chi connectivity index (χ0v) is 16.2. The van der Waals surface area contributed by atoms with Gasteiger partial charge in [0.1, 0.15) is 0 Å². The van der Waals surface area contributed by atoms with Crippen LogP contribution in [0, 0.1) is 0 Å². The summed E-state index contributed by atoms with van der Waals surface area (Å²) in [6.45, 7) is 7.92. The zero-order chi connectivity index (χ0) is 15.9. The van der Waals surface area contributed by atoms with Crippen molar-refractivity contribution >= 4 is 45.2 Å². The number of nitrogens with one attached hydrogen (secondary N) is 3. The van der Waals surface area contributed by atoms with Gasteiger partial charge >= 0.3 is 0 Å². The van der Waals surface area contributed by atoms with Crippen LogP contribution in [0.25, 0.3) is 10.9 Å². The fourth-order valence-corrected chi connectivity index (χ4v) is 3.06. The van der Waals surface area contributed by atoms with Crippen molar-refractivity contribution in [1.29, 1.82) is 0 Å². The molecule has 1 fully saturated rings. The van der Waals surface area contributed by atoms with Gasteiger partial charge in [-0.2, -0.15) is 0 Å². The second-order valence-corrected chi connectivity index (χ2v) is 6.17. The maximum absolute atomic E-state index is 6.10. The Bertz CT molecular complexity index is 627. The van der Waals surface area contributed by atoms with Gasteiger partial charge in [0.15, 0.2) is 0 Å². The van der Waals surface area contributed by atoms with Crippen LogP contribution in [0.2, 0.25) is 5.02 Å². The summed E-state index contributed by atoms with van der Waals surface area (Å²) in [6, 6.07) is 8.04. The Hall–Kier alpha value is -0.920. The van der Waals surface area contributed by atoms with Crippen LogP contribution >= 0.6 is 28.6 Å². The molecular weight excluding hydrogens is 390 g/mol. The van der Waals surface area contributed by atoms with E-state index in [1.54, 1.807) is 0 Å². The lowest BCUT2D eigenvalue weighted by atomic mass is 10.1. The summed E-state index contributed by atoms with van der Waals surface area (Å²) in [5, 5.41) is 12.3. The molecule has 3 N–H and O–H groups in total. The highest BCUT2D eigenvalue weighted by molar-refractivity contribution is 8.93. The number of aromatic nitrogens is 1. The molecule has 0 unspecified atom stereocenters. The van der Waals surface area contributed by atoms with Gasteiger partial charge in [-0.1, -0.05) is 11.6 Å². The third-order valence-corrected chi connectivity index (χ3v) is 4.33. The van der Waals surface area contributed by atoms with Gasteiger partial charge in [0.05, 0.1) is 5.52 Å². The monoisotopic (exact) mass is 413 g/mol. The van der Waals surface area contributed by atoms with E-state index < -0.39 is 0 Å². The molecule has 1 saturated heterocycles. The Balaban J connectivity index is 0.00000208. The standard InChI is InChI=1S/C17H24ClN5.BrH/c18-14-1-2-15-16(13-14)22-4-3-17(15)23-11-9-20-7-5-19-6-8-21-10-12-23;/h1-4,13,19-21H,5-12H2;1H. The summed E-state index contributed by atoms with van der Waals surface area (Å²) in [7, 11) is 0. The maximum Gasteiger partial charge on any atom is 0.0737 e. The largest absolute Gasteiger partial charge is 0.368 e. The quantitative estimate of drug-likeness (QED) is 0.667. The minimum atomic E-state index is 0. The lowest BCUT2D eigenvalue weighted by Gasteiger charge is -2.27. The first-order valence-electron chi connectivity index (χ1n) is 8.26. The van der Waals surface area contributed by atoms with E-state index in [0.717, 1.165) is 68.3 Å². The molecule has 2 aromatic rings. The molecule has 0 amide bonds. The van der Waals surface area contributed by atoms with Crippen LogP contribution in [-0.2, 0) is 0 Å². The smallest absolute Gasteiger partial charge is 0.0737 e. The summed E-state index contributed by atoms with van der Waals surface area (Å²) in [6.07, 6.45) is 1.87. The van der Waals surface area contributed by atoms with E-state index in [-0.39, 0.29) is 17.0 Å². The molecule has 1 aliphatic rings. The molecule has 0 spiro atoms. The highest BCUT2D eigenvalue weighted by Crippen LogP contribution is 2.27. The lowest BCUT2D eigenvalue weighted by Crippen LogP contribution is -2.41. The molecular formula is C17H25BrClN5. The Kier molecular flexibility index (Phi) is 8.21. The van der Waals surface area contributed by atoms with Crippen LogP contribution in [0.15, 0.2) is 30.5 Å². The molecule has 0 atom stereocenters. The Labute approximate surface area is 158 Å². The SMILES string of the molecule is Br.Clc1ccc2c(N3CCNCCNCCNCC3)ccnc2c1. The number of halogens is 2. The molecule has 0 bridgehead atoms. The normalized spacial score (nSPS) is 17.6. The number of rotatable bonds is 1. The van der Waals surface area contributed by atoms with Crippen molar-refractivity contribution in [3.8, 4) is 0 Å². The van der Waals surface area contributed by atoms with Gasteiger partial charge in [-0.15, -0.1) is 17.0 Å². The van der Waals surface area contributed by atoms with E-state index in [4.69, 9.17) is 11.6 Å². The van der Waals surface area contributed by atoms with Crippen LogP contribution in [0.5, 0.6) is 0 Å². The maximum atomic E-state index is 6.10. The van der Waals surface area contributed by atoms with Crippen molar-refractivity contribution in [1.82, 2.24) is 20.9 Å². The van der Waals surface area contributed by atoms with Crippen LogP contribution in [0.4, 0.5) is 5.69 Å². The molecule has 1 aromatic heterocycles. The minimum Gasteiger partial charge on any atom is -0.368 e. The van der Waals surface area contributed by atoms with Crippen molar-refractivity contribution in [3.63, 3.8) is 0 Å². The molecule has 0 aliphatic carbocycles. The van der Waals surface area contributed by atoms with Crippen LogP contribution in [0.1, 0.15) is 0 Å². The molecule has 0 radical (unpaired) electrons. The third-order valence-electron chi connectivity index (χ3n) is 4.10. The highest BCUT2D eigenvalue weighted by atomic mass is 79.9. The highest BCUT2D eigenvalue weighted by Gasteiger charge is 2.11. The first-order chi connectivity index (χ1) is 11.3. The van der Waals surface area contributed by atoms with Crippen LogP contribution in [0.3, 0.4) is 0 Å². The van der Waals surface area contributed by atoms with Crippen molar-refractivity contribution in [2.75, 3.05) is 57.3 Å². The van der Waals surface area contributed by atoms with Gasteiger partial charge in [-0.05, 0) is 24.3 Å². The summed E-state index contributed by atoms with van der Waals surface area (Å²) in [4.78, 5) is 6.87. The number of pyridine rings is 1. The first-order valence-corrected chi connectivity index (χ1v) is 8.64. The topological polar surface area (TPSA) is 52.2 Å². The van der Waals surface area contributed by atoms with Gasteiger partial charge in [0.25, 0.3) is 0 Å². The number of hydrogen-bond donors (Lipinski definition) is 3. The van der Waals surface area contributed by atoms with Gasteiger partial charge in [-0.3, -0.25) is 4.98 Å². The van der Waals surface area contributed by atoms with E-state index in [2.05, 4.69) is 38.0 Å². The summed E-state index contributed by atoms with van der Waals surface area (Å²) < 4.78 is 0. The summed E-state index contributed by atoms with van der Waals surface area (Å²) in [5.41, 5.74) is 2.18. The average Bonchev–Trinajstić information content (AvgIpc) is 2.55. The minimum absolute atomic E-state index is 0. The van der Waals surface area contributed by atoms with E-state index in [9.17, 15) is 0 Å². The summed E-state index contributed by atoms with van der Waals surface area (Å²) in [5.74, 6) is 0. The van der Waals surface area contributed by atoms with Gasteiger partial charge in [0.2, 0.25) is 0 Å². The van der Waals surface area contributed by atoms with Crippen molar-refractivity contribution < 1.29 is 0 Å². The Morgan fingerprint density at radius 3 is 2.17 bits per heavy atom. The summed E-state index contributed by atoms with van der Waals surface area (Å²) >= 11 is 6.10. The fraction of sp³-hybridized carbons (Fsp3) is 0.471. The molecule has 0 saturated carbocycles. The van der Waals surface area contributed by atoms with E-state index in [1.807, 2.05) is 18.3 Å². The molecule has 132 valence electrons. The molecule has 5 nitrogen and oxygen atoms in total. The second-order valence-electron chi connectivity index (χ2n) is 5.73. The molecule has 2 heterocycles. The Morgan fingerprint density at radius 2 is 1.50 bits per heavy atom. The lowest BCUT2D eigenvalue weighted by molar-refractivity contribution is 0.558. The van der Waals surface area contributed by atoms with Crippen LogP contribution in [-0.4, -0.2) is 57.3 Å². The zero-order valence-electron chi connectivity index (χ0n) is 13.7. The fourth-order valence-electron chi connectivity index (χ4n) is 2.89. The molecule has 1 aliphatic heterocycles. The van der Waals surface area contributed by atoms with E-state index in [0.29, 0.717) is 0 Å². The predicted octanol–water partition coefficient (Wildman–Crippen LogP) is 2.05. The molecule has 1 aromatic carbocycles. The number of nitrogens with zero attached hydrogens (tertiary/aromatic N) is 2. The van der Waals surface area contributed by atoms with Gasteiger partial charge < -0.3 is 20.9 Å². The number of anilines is 1. The number of hydrogen-bond acceptors (Lipinski definition) is 5. The molecule has 3 rings (SSSR count). The van der Waals surface area contributed by atoms with Gasteiger partial charge in [0, 0.05) is 74.7 Å². The predicted molar refractivity (Wildman–Crippen MR) is 108 cm³/mol. The molecule has 7 heteroatoms. The van der Waals surface area contributed by atoms with Crippen molar-refractivity contribution in [3.05, 3.63) is 35.5 Å². The van der Waals surface area contributed by atoms with E-state index >= 15 is 0 Å². The Morgan fingerprint density at radius 1 is 0.875 bits per heavy atom. The number of benzene rings is 1. The van der Waals surface area contributed by atoms with Crippen LogP contribution < -0.4 is 20.9 Å². The third kappa shape index (κ3) is 5.29. The van der Waals surface area contributed by atoms with Gasteiger partial charge in [-0.25, -0.2) is 0 Å². The molecule has 24 heavy (non-hydrogen) atoms. The van der Waals surface area contributed by atoms with E-state index in [1.165, 1.54) is 5.69 Å². The van der Waals surface area contributed by atoms with Crippen molar-refractivity contribution in [2.24, 2.45) is 0 Å². The first kappa shape index (κ1) is 19.4. The number of fused-ring (bicyclic) bond motifs is 1.